The number of hydrogen-bond acceptors (Lipinski definition) is 2. The van der Waals surface area contributed by atoms with Crippen molar-refractivity contribution in [2.45, 2.75) is 39.5 Å². The maximum Gasteiger partial charge on any atom is 0.418 e. The van der Waals surface area contributed by atoms with Gasteiger partial charge >= 0.3 is 11.8 Å². The number of likely N-dealkylation sites (N-methyl/N-ethyl adjacent to an activating group) is 1. The number of unbranched alkanes of at least 4 members (excludes halogenated alkanes) is 1. The molecule has 98 valence electrons. The number of amidine groups is 1. The van der Waals surface area contributed by atoms with E-state index in [9.17, 15) is 9.90 Å². The Bertz CT molecular complexity index is 300. The fourth-order valence-electron chi connectivity index (χ4n) is 2.43. The van der Waals surface area contributed by atoms with Crippen LogP contribution in [0.2, 0.25) is 0 Å². The van der Waals surface area contributed by atoms with Gasteiger partial charge in [-0.15, -0.1) is 0 Å². The highest BCUT2D eigenvalue weighted by Crippen LogP contribution is 2.16. The average molecular weight is 241 g/mol. The first-order valence-corrected chi connectivity index (χ1v) is 6.66. The van der Waals surface area contributed by atoms with Crippen molar-refractivity contribution in [1.82, 2.24) is 4.90 Å². The Balaban J connectivity index is 2.58. The van der Waals surface area contributed by atoms with E-state index in [1.807, 2.05) is 16.5 Å². The molecule has 0 saturated carbocycles. The summed E-state index contributed by atoms with van der Waals surface area (Å²) in [7, 11) is 1.86. The van der Waals surface area contributed by atoms with Crippen LogP contribution < -0.4 is 0 Å². The summed E-state index contributed by atoms with van der Waals surface area (Å²) in [5.74, 6) is 0.297. The van der Waals surface area contributed by atoms with E-state index in [1.165, 1.54) is 19.3 Å². The first-order chi connectivity index (χ1) is 8.10. The summed E-state index contributed by atoms with van der Waals surface area (Å²) < 4.78 is 1.84. The molecule has 1 aliphatic heterocycles. The van der Waals surface area contributed by atoms with E-state index in [2.05, 4.69) is 13.8 Å². The molecule has 0 fully saturated rings. The van der Waals surface area contributed by atoms with E-state index in [4.69, 9.17) is 0 Å². The summed E-state index contributed by atoms with van der Waals surface area (Å²) in [5, 5.41) is 9.20. The number of rotatable bonds is 7. The molecule has 1 aliphatic rings. The highest BCUT2D eigenvalue weighted by atomic mass is 16.4. The molecule has 1 N–H and O–H groups in total. The van der Waals surface area contributed by atoms with Crippen LogP contribution in [-0.4, -0.2) is 53.1 Å². The number of aliphatic carboxylic acids is 1. The number of carboxylic acids is 1. The molecule has 0 aromatic heterocycles. The SMILES string of the molecule is CCCCC(CC)CN1CC[N+](C)=C1C(=O)O. The molecule has 1 atom stereocenters. The molecule has 4 nitrogen and oxygen atoms in total. The topological polar surface area (TPSA) is 43.5 Å². The minimum atomic E-state index is -0.796. The summed E-state index contributed by atoms with van der Waals surface area (Å²) in [6.07, 6.45) is 4.80. The highest BCUT2D eigenvalue weighted by Gasteiger charge is 2.35. The lowest BCUT2D eigenvalue weighted by atomic mass is 9.99. The minimum absolute atomic E-state index is 0.472. The Morgan fingerprint density at radius 2 is 2.24 bits per heavy atom. The van der Waals surface area contributed by atoms with Gasteiger partial charge in [0.25, 0.3) is 0 Å². The molecule has 0 aromatic rings. The van der Waals surface area contributed by atoms with Gasteiger partial charge in [-0.05, 0) is 18.8 Å². The zero-order valence-corrected chi connectivity index (χ0v) is 11.3. The fourth-order valence-corrected chi connectivity index (χ4v) is 2.43. The van der Waals surface area contributed by atoms with Gasteiger partial charge < -0.3 is 5.11 Å². The molecule has 1 heterocycles. The third kappa shape index (κ3) is 3.72. The van der Waals surface area contributed by atoms with Gasteiger partial charge in [0.2, 0.25) is 0 Å². The Morgan fingerprint density at radius 1 is 1.53 bits per heavy atom. The van der Waals surface area contributed by atoms with Crippen molar-refractivity contribution in [3.8, 4) is 0 Å². The monoisotopic (exact) mass is 241 g/mol. The lowest BCUT2D eigenvalue weighted by Gasteiger charge is -2.18. The van der Waals surface area contributed by atoms with Crippen LogP contribution in [0.15, 0.2) is 0 Å². The van der Waals surface area contributed by atoms with E-state index in [0.29, 0.717) is 11.8 Å². The number of carbonyl (C=O) groups is 1. The first-order valence-electron chi connectivity index (χ1n) is 6.66. The van der Waals surface area contributed by atoms with Crippen LogP contribution in [0.1, 0.15) is 39.5 Å². The summed E-state index contributed by atoms with van der Waals surface area (Å²) >= 11 is 0. The zero-order chi connectivity index (χ0) is 12.8. The molecule has 0 amide bonds. The third-order valence-corrected chi connectivity index (χ3v) is 3.58. The van der Waals surface area contributed by atoms with Gasteiger partial charge in [-0.1, -0.05) is 26.7 Å². The smallest absolute Gasteiger partial charge is 0.418 e. The lowest BCUT2D eigenvalue weighted by molar-refractivity contribution is -0.486. The predicted molar refractivity (Wildman–Crippen MR) is 68.6 cm³/mol. The van der Waals surface area contributed by atoms with Gasteiger partial charge in [0.15, 0.2) is 0 Å². The summed E-state index contributed by atoms with van der Waals surface area (Å²) in [6.45, 7) is 6.96. The molecule has 1 rings (SSSR count). The van der Waals surface area contributed by atoms with E-state index in [0.717, 1.165) is 26.1 Å². The summed E-state index contributed by atoms with van der Waals surface area (Å²) in [5.41, 5.74) is 0. The first kappa shape index (κ1) is 14.0. The number of carboxylic acid groups (broad SMARTS) is 1. The Morgan fingerprint density at radius 3 is 2.76 bits per heavy atom. The van der Waals surface area contributed by atoms with Crippen LogP contribution in [0.4, 0.5) is 0 Å². The van der Waals surface area contributed by atoms with Gasteiger partial charge in [-0.2, -0.15) is 0 Å². The van der Waals surface area contributed by atoms with Gasteiger partial charge in [-0.25, -0.2) is 4.79 Å². The molecule has 0 radical (unpaired) electrons. The fraction of sp³-hybridized carbons (Fsp3) is 0.846. The quantitative estimate of drug-likeness (QED) is 0.689. The van der Waals surface area contributed by atoms with Crippen molar-refractivity contribution >= 4 is 11.8 Å². The molecular formula is C13H25N2O2+. The largest absolute Gasteiger partial charge is 0.472 e. The molecule has 0 saturated heterocycles. The predicted octanol–water partition coefficient (Wildman–Crippen LogP) is 1.64. The number of hydrogen-bond donors (Lipinski definition) is 1. The van der Waals surface area contributed by atoms with Crippen LogP contribution in [0.3, 0.4) is 0 Å². The van der Waals surface area contributed by atoms with Crippen molar-refractivity contribution in [3.05, 3.63) is 0 Å². The second kappa shape index (κ2) is 6.62. The average Bonchev–Trinajstić information content (AvgIpc) is 2.65. The van der Waals surface area contributed by atoms with Crippen molar-refractivity contribution in [3.63, 3.8) is 0 Å². The maximum absolute atomic E-state index is 11.2. The van der Waals surface area contributed by atoms with Crippen molar-refractivity contribution in [2.75, 3.05) is 26.7 Å². The van der Waals surface area contributed by atoms with Crippen LogP contribution >= 0.6 is 0 Å². The van der Waals surface area contributed by atoms with Crippen LogP contribution in [0, 0.1) is 5.92 Å². The summed E-state index contributed by atoms with van der Waals surface area (Å²) in [4.78, 5) is 13.2. The van der Waals surface area contributed by atoms with Crippen molar-refractivity contribution in [2.24, 2.45) is 5.92 Å². The van der Waals surface area contributed by atoms with Gasteiger partial charge in [0.05, 0.1) is 13.6 Å². The molecule has 0 aromatic carbocycles. The van der Waals surface area contributed by atoms with Crippen LogP contribution in [-0.2, 0) is 4.79 Å². The Kier molecular flexibility index (Phi) is 5.45. The zero-order valence-electron chi connectivity index (χ0n) is 11.3. The second-order valence-electron chi connectivity index (χ2n) is 4.91. The van der Waals surface area contributed by atoms with E-state index in [-0.39, 0.29) is 0 Å². The van der Waals surface area contributed by atoms with Gasteiger partial charge in [0, 0.05) is 0 Å². The molecule has 0 bridgehead atoms. The molecule has 0 spiro atoms. The van der Waals surface area contributed by atoms with Crippen LogP contribution in [0.5, 0.6) is 0 Å². The van der Waals surface area contributed by atoms with Gasteiger partial charge in [0.1, 0.15) is 13.1 Å². The van der Waals surface area contributed by atoms with Gasteiger partial charge in [-0.3, -0.25) is 9.48 Å². The highest BCUT2D eigenvalue weighted by molar-refractivity contribution is 6.32. The van der Waals surface area contributed by atoms with E-state index < -0.39 is 5.97 Å². The van der Waals surface area contributed by atoms with E-state index >= 15 is 0 Å². The molecular weight excluding hydrogens is 216 g/mol. The van der Waals surface area contributed by atoms with Crippen molar-refractivity contribution < 1.29 is 14.5 Å². The van der Waals surface area contributed by atoms with E-state index in [1.54, 1.807) is 0 Å². The van der Waals surface area contributed by atoms with Crippen LogP contribution in [0.25, 0.3) is 0 Å². The van der Waals surface area contributed by atoms with Crippen molar-refractivity contribution in [1.29, 1.82) is 0 Å². The third-order valence-electron chi connectivity index (χ3n) is 3.58. The molecule has 1 unspecified atom stereocenters. The second-order valence-corrected chi connectivity index (χ2v) is 4.91. The molecule has 4 heteroatoms. The molecule has 0 aliphatic carbocycles. The Hall–Kier alpha value is -1.06. The lowest BCUT2D eigenvalue weighted by Crippen LogP contribution is -2.38. The normalized spacial score (nSPS) is 17.7. The standard InChI is InChI=1S/C13H24N2O2/c1-4-6-7-11(5-2)10-15-9-8-14(3)12(15)13(16)17/h11H,4-10H2,1-3H3/p+1. The number of nitrogens with zero attached hydrogens (tertiary/aromatic N) is 2. The minimum Gasteiger partial charge on any atom is -0.472 e. The maximum atomic E-state index is 11.2. The Labute approximate surface area is 104 Å². The molecule has 17 heavy (non-hydrogen) atoms. The summed E-state index contributed by atoms with van der Waals surface area (Å²) in [6, 6.07) is 0.